The molecule has 11 heteroatoms. The third-order valence-electron chi connectivity index (χ3n) is 5.37. The van der Waals surface area contributed by atoms with Crippen molar-refractivity contribution in [1.82, 2.24) is 0 Å². The molecule has 1 fully saturated rings. The summed E-state index contributed by atoms with van der Waals surface area (Å²) in [5.41, 5.74) is -0.243. The van der Waals surface area contributed by atoms with Crippen molar-refractivity contribution in [3.05, 3.63) is 44.2 Å². The summed E-state index contributed by atoms with van der Waals surface area (Å²) >= 11 is 0. The van der Waals surface area contributed by atoms with Gasteiger partial charge in [0.1, 0.15) is 22.0 Å². The van der Waals surface area contributed by atoms with E-state index in [0.29, 0.717) is 12.2 Å². The van der Waals surface area contributed by atoms with Crippen LogP contribution in [0.2, 0.25) is 0 Å². The number of ether oxygens (including phenoxy) is 2. The number of hydrogen-bond acceptors (Lipinski definition) is 9. The topological polar surface area (TPSA) is 157 Å². The fourth-order valence-corrected chi connectivity index (χ4v) is 4.51. The molecule has 0 spiro atoms. The molecule has 10 nitrogen and oxygen atoms in total. The van der Waals surface area contributed by atoms with Crippen LogP contribution in [0.5, 0.6) is 5.75 Å². The van der Waals surface area contributed by atoms with Gasteiger partial charge in [0.2, 0.25) is 10.0 Å². The lowest BCUT2D eigenvalue weighted by molar-refractivity contribution is 0.0942. The zero-order valence-electron chi connectivity index (χ0n) is 17.2. The van der Waals surface area contributed by atoms with E-state index < -0.39 is 27.7 Å². The fourth-order valence-electron chi connectivity index (χ4n) is 3.79. The molecule has 2 aromatic rings. The second kappa shape index (κ2) is 9.77. The predicted octanol–water partition coefficient (Wildman–Crippen LogP) is 0.283. The van der Waals surface area contributed by atoms with Gasteiger partial charge in [-0.15, -0.1) is 0 Å². The van der Waals surface area contributed by atoms with E-state index in [1.165, 1.54) is 12.1 Å². The van der Waals surface area contributed by atoms with Gasteiger partial charge >= 0.3 is 0 Å². The molecular formula is C20H27N3O7S. The molecule has 1 aliphatic rings. The van der Waals surface area contributed by atoms with Gasteiger partial charge in [-0.2, -0.15) is 0 Å². The summed E-state index contributed by atoms with van der Waals surface area (Å²) in [6.07, 6.45) is 2.87. The van der Waals surface area contributed by atoms with Gasteiger partial charge in [0, 0.05) is 13.2 Å². The highest BCUT2D eigenvalue weighted by Gasteiger charge is 2.29. The van der Waals surface area contributed by atoms with Crippen LogP contribution in [0.1, 0.15) is 31.7 Å². The second-order valence-corrected chi connectivity index (χ2v) is 8.89. The molecule has 0 aromatic heterocycles. The molecule has 1 saturated heterocycles. The quantitative estimate of drug-likeness (QED) is 0.277. The van der Waals surface area contributed by atoms with Crippen LogP contribution < -0.4 is 31.4 Å². The van der Waals surface area contributed by atoms with Crippen LogP contribution in [0.3, 0.4) is 0 Å². The summed E-state index contributed by atoms with van der Waals surface area (Å²) in [6, 6.07) is 4.36. The third kappa shape index (κ3) is 5.06. The van der Waals surface area contributed by atoms with Gasteiger partial charge in [-0.25, -0.2) is 13.6 Å². The van der Waals surface area contributed by atoms with E-state index in [9.17, 15) is 18.0 Å². The summed E-state index contributed by atoms with van der Waals surface area (Å²) < 4.78 is 34.3. The number of nitrogens with one attached hydrogen (secondary N) is 2. The Balaban J connectivity index is 1.71. The third-order valence-corrected chi connectivity index (χ3v) is 6.30. The Kier molecular flexibility index (Phi) is 7.31. The SMILES string of the molecule is CCC(Nc1c(NCCc2cccc(S(N)(=O)=O)c2OCO)c(=O)c1=O)C1CCCO1. The van der Waals surface area contributed by atoms with Gasteiger partial charge in [-0.3, -0.25) is 9.59 Å². The van der Waals surface area contributed by atoms with Gasteiger partial charge < -0.3 is 25.2 Å². The highest BCUT2D eigenvalue weighted by Crippen LogP contribution is 2.28. The number of nitrogens with two attached hydrogens (primary N) is 1. The van der Waals surface area contributed by atoms with Gasteiger partial charge in [-0.05, 0) is 37.3 Å². The fraction of sp³-hybridized carbons (Fsp3) is 0.500. The number of sulfonamides is 1. The first-order valence-corrected chi connectivity index (χ1v) is 11.7. The van der Waals surface area contributed by atoms with Gasteiger partial charge in [0.15, 0.2) is 6.79 Å². The van der Waals surface area contributed by atoms with E-state index >= 15 is 0 Å². The Morgan fingerprint density at radius 3 is 2.65 bits per heavy atom. The Morgan fingerprint density at radius 1 is 1.29 bits per heavy atom. The first-order chi connectivity index (χ1) is 14.8. The van der Waals surface area contributed by atoms with Crippen molar-refractivity contribution in [2.75, 3.05) is 30.6 Å². The normalized spacial score (nSPS) is 17.6. The Bertz CT molecular complexity index is 1090. The minimum Gasteiger partial charge on any atom is -0.466 e. The molecule has 2 unspecified atom stereocenters. The van der Waals surface area contributed by atoms with Crippen LogP contribution >= 0.6 is 0 Å². The molecule has 0 radical (unpaired) electrons. The van der Waals surface area contributed by atoms with Crippen molar-refractivity contribution in [3.8, 4) is 5.75 Å². The number of aliphatic hydroxyl groups excluding tert-OH is 1. The molecule has 0 bridgehead atoms. The van der Waals surface area contributed by atoms with E-state index in [2.05, 4.69) is 10.6 Å². The highest BCUT2D eigenvalue weighted by atomic mass is 32.2. The number of aliphatic hydroxyl groups is 1. The number of benzene rings is 1. The molecule has 0 aliphatic carbocycles. The minimum atomic E-state index is -4.05. The Labute approximate surface area is 180 Å². The zero-order valence-corrected chi connectivity index (χ0v) is 18.0. The molecule has 170 valence electrons. The van der Waals surface area contributed by atoms with E-state index in [-0.39, 0.29) is 47.1 Å². The molecule has 1 aliphatic heterocycles. The van der Waals surface area contributed by atoms with Crippen LogP contribution in [0, 0.1) is 0 Å². The Morgan fingerprint density at radius 2 is 2.03 bits per heavy atom. The summed E-state index contributed by atoms with van der Waals surface area (Å²) in [6.45, 7) is 2.18. The monoisotopic (exact) mass is 453 g/mol. The van der Waals surface area contributed by atoms with Crippen molar-refractivity contribution in [1.29, 1.82) is 0 Å². The van der Waals surface area contributed by atoms with Crippen LogP contribution in [-0.4, -0.2) is 45.6 Å². The number of rotatable bonds is 11. The molecule has 2 aromatic carbocycles. The lowest BCUT2D eigenvalue weighted by atomic mass is 10.0. The first-order valence-electron chi connectivity index (χ1n) is 10.1. The van der Waals surface area contributed by atoms with E-state index in [1.54, 1.807) is 6.07 Å². The zero-order chi connectivity index (χ0) is 22.6. The first kappa shape index (κ1) is 23.2. The van der Waals surface area contributed by atoms with Crippen molar-refractivity contribution >= 4 is 21.4 Å². The van der Waals surface area contributed by atoms with Gasteiger partial charge in [0.25, 0.3) is 10.9 Å². The number of primary sulfonamides is 1. The molecule has 31 heavy (non-hydrogen) atoms. The van der Waals surface area contributed by atoms with Crippen molar-refractivity contribution < 1.29 is 23.0 Å². The standard InChI is InChI=1S/C20H27N3O7S/c1-2-13(14-6-4-10-29-14)23-17-16(18(25)19(17)26)22-9-8-12-5-3-7-15(31(21,27)28)20(12)30-11-24/h3,5,7,13-14,22-24H,2,4,6,8-11H2,1H3,(H2,21,27,28). The minimum absolute atomic E-state index is 0.00129. The molecule has 0 amide bonds. The molecule has 0 saturated carbocycles. The molecule has 5 N–H and O–H groups in total. The molecule has 2 atom stereocenters. The lowest BCUT2D eigenvalue weighted by Crippen LogP contribution is -2.42. The number of para-hydroxylation sites is 1. The average molecular weight is 454 g/mol. The average Bonchev–Trinajstić information content (AvgIpc) is 3.27. The summed E-state index contributed by atoms with van der Waals surface area (Å²) in [5.74, 6) is -0.0398. The summed E-state index contributed by atoms with van der Waals surface area (Å²) in [4.78, 5) is 23.9. The van der Waals surface area contributed by atoms with Crippen molar-refractivity contribution in [2.45, 2.75) is 49.6 Å². The van der Waals surface area contributed by atoms with E-state index in [1.807, 2.05) is 6.92 Å². The van der Waals surface area contributed by atoms with Crippen LogP contribution in [0.4, 0.5) is 11.4 Å². The number of anilines is 2. The second-order valence-electron chi connectivity index (χ2n) is 7.36. The molecule has 1 heterocycles. The van der Waals surface area contributed by atoms with Gasteiger partial charge in [0.05, 0.1) is 12.1 Å². The van der Waals surface area contributed by atoms with E-state index in [0.717, 1.165) is 19.3 Å². The summed E-state index contributed by atoms with van der Waals surface area (Å²) in [7, 11) is -4.05. The smallest absolute Gasteiger partial charge is 0.253 e. The van der Waals surface area contributed by atoms with Crippen molar-refractivity contribution in [2.24, 2.45) is 5.14 Å². The van der Waals surface area contributed by atoms with Crippen LogP contribution in [0.25, 0.3) is 0 Å². The highest BCUT2D eigenvalue weighted by molar-refractivity contribution is 7.89. The van der Waals surface area contributed by atoms with Crippen LogP contribution in [-0.2, 0) is 21.2 Å². The van der Waals surface area contributed by atoms with Crippen LogP contribution in [0.15, 0.2) is 32.7 Å². The molecular weight excluding hydrogens is 426 g/mol. The largest absolute Gasteiger partial charge is 0.466 e. The Hall–Kier alpha value is -2.47. The van der Waals surface area contributed by atoms with Gasteiger partial charge in [-0.1, -0.05) is 19.1 Å². The molecule has 3 rings (SSSR count). The lowest BCUT2D eigenvalue weighted by Gasteiger charge is -2.26. The maximum atomic E-state index is 12.1. The van der Waals surface area contributed by atoms with Crippen molar-refractivity contribution in [3.63, 3.8) is 0 Å². The maximum Gasteiger partial charge on any atom is 0.253 e. The maximum absolute atomic E-state index is 12.1. The number of hydrogen-bond donors (Lipinski definition) is 4. The predicted molar refractivity (Wildman–Crippen MR) is 116 cm³/mol. The van der Waals surface area contributed by atoms with E-state index in [4.69, 9.17) is 19.7 Å². The summed E-state index contributed by atoms with van der Waals surface area (Å²) in [5, 5.41) is 20.4.